The highest BCUT2D eigenvalue weighted by Gasteiger charge is 2.32. The molecule has 0 radical (unpaired) electrons. The predicted molar refractivity (Wildman–Crippen MR) is 107 cm³/mol. The Labute approximate surface area is 171 Å². The molecule has 1 aromatic carbocycles. The van der Waals surface area contributed by atoms with E-state index in [-0.39, 0.29) is 11.9 Å². The summed E-state index contributed by atoms with van der Waals surface area (Å²) >= 11 is 0. The summed E-state index contributed by atoms with van der Waals surface area (Å²) in [6, 6.07) is 9.79. The van der Waals surface area contributed by atoms with Gasteiger partial charge in [-0.15, -0.1) is 5.10 Å². The summed E-state index contributed by atoms with van der Waals surface area (Å²) in [7, 11) is 0. The molecule has 6 rings (SSSR count). The Kier molecular flexibility index (Phi) is 3.87. The minimum Gasteiger partial charge on any atom is -0.335 e. The first kappa shape index (κ1) is 17.3. The second kappa shape index (κ2) is 6.72. The van der Waals surface area contributed by atoms with E-state index in [0.717, 1.165) is 35.9 Å². The summed E-state index contributed by atoms with van der Waals surface area (Å²) in [4.78, 5) is 23.7. The van der Waals surface area contributed by atoms with Gasteiger partial charge in [-0.2, -0.15) is 4.98 Å². The molecule has 1 saturated heterocycles. The Morgan fingerprint density at radius 3 is 2.93 bits per heavy atom. The molecule has 0 bridgehead atoms. The maximum absolute atomic E-state index is 13.1. The molecule has 0 N–H and O–H groups in total. The number of nitrogens with zero attached hydrogens (tertiary/aromatic N) is 7. The maximum Gasteiger partial charge on any atom is 0.280 e. The third-order valence-electron chi connectivity index (χ3n) is 5.81. The van der Waals surface area contributed by atoms with Gasteiger partial charge in [0, 0.05) is 30.6 Å². The Hall–Kier alpha value is -3.62. The van der Waals surface area contributed by atoms with Crippen LogP contribution >= 0.6 is 0 Å². The lowest BCUT2D eigenvalue weighted by atomic mass is 10.1. The number of pyridine rings is 1. The molecule has 1 saturated carbocycles. The standard InChI is InChI=1S/C21H19N7O2/c29-21(18-16-4-2-1-3-13(16)7-9-22-18)27-10-8-15(11-27)28-12-17(24-26-28)20-23-19(25-30-20)14-5-6-14/h1-4,7,9,12,14-15H,5-6,8,10-11H2/t15-/m0/s1. The molecule has 2 fully saturated rings. The van der Waals surface area contributed by atoms with E-state index in [0.29, 0.717) is 36.3 Å². The van der Waals surface area contributed by atoms with Crippen molar-refractivity contribution in [2.75, 3.05) is 13.1 Å². The third kappa shape index (κ3) is 2.94. The van der Waals surface area contributed by atoms with Crippen LogP contribution in [0.1, 0.15) is 47.5 Å². The SMILES string of the molecule is O=C(c1nccc2ccccc12)N1CC[C@H](n2cc(-c3nc(C4CC4)no3)nn2)C1. The number of aromatic nitrogens is 6. The quantitative estimate of drug-likeness (QED) is 0.518. The van der Waals surface area contributed by atoms with Crippen molar-refractivity contribution in [3.8, 4) is 11.6 Å². The van der Waals surface area contributed by atoms with Gasteiger partial charge in [-0.3, -0.25) is 9.78 Å². The number of carbonyl (C=O) groups is 1. The monoisotopic (exact) mass is 401 g/mol. The van der Waals surface area contributed by atoms with Crippen molar-refractivity contribution in [1.29, 1.82) is 0 Å². The fraction of sp³-hybridized carbons (Fsp3) is 0.333. The van der Waals surface area contributed by atoms with Crippen LogP contribution in [0.25, 0.3) is 22.4 Å². The third-order valence-corrected chi connectivity index (χ3v) is 5.81. The van der Waals surface area contributed by atoms with Crippen molar-refractivity contribution in [3.63, 3.8) is 0 Å². The number of fused-ring (bicyclic) bond motifs is 1. The number of amides is 1. The largest absolute Gasteiger partial charge is 0.335 e. The van der Waals surface area contributed by atoms with Crippen LogP contribution in [0.15, 0.2) is 47.2 Å². The fourth-order valence-corrected chi connectivity index (χ4v) is 3.98. The predicted octanol–water partition coefficient (Wildman–Crippen LogP) is 2.84. The lowest BCUT2D eigenvalue weighted by molar-refractivity contribution is 0.0783. The average Bonchev–Trinajstić information content (AvgIpc) is 3.18. The van der Waals surface area contributed by atoms with Gasteiger partial charge in [-0.05, 0) is 30.7 Å². The summed E-state index contributed by atoms with van der Waals surface area (Å²) in [5.74, 6) is 1.52. The molecule has 1 amide bonds. The van der Waals surface area contributed by atoms with Crippen LogP contribution in [0.2, 0.25) is 0 Å². The minimum atomic E-state index is -0.0550. The first-order valence-electron chi connectivity index (χ1n) is 10.1. The molecule has 4 heterocycles. The number of carbonyl (C=O) groups excluding carboxylic acids is 1. The van der Waals surface area contributed by atoms with Crippen LogP contribution in [0.4, 0.5) is 0 Å². The number of rotatable bonds is 4. The van der Waals surface area contributed by atoms with Crippen molar-refractivity contribution < 1.29 is 9.32 Å². The van der Waals surface area contributed by atoms with Crippen LogP contribution in [-0.4, -0.2) is 54.0 Å². The van der Waals surface area contributed by atoms with Gasteiger partial charge in [0.1, 0.15) is 5.69 Å². The summed E-state index contributed by atoms with van der Waals surface area (Å²) in [5, 5.41) is 14.4. The van der Waals surface area contributed by atoms with Gasteiger partial charge in [-0.1, -0.05) is 34.6 Å². The van der Waals surface area contributed by atoms with Gasteiger partial charge in [0.2, 0.25) is 0 Å². The summed E-state index contributed by atoms with van der Waals surface area (Å²) < 4.78 is 7.13. The van der Waals surface area contributed by atoms with E-state index in [1.807, 2.05) is 41.4 Å². The molecule has 1 atom stereocenters. The first-order chi connectivity index (χ1) is 14.8. The zero-order chi connectivity index (χ0) is 20.1. The molecule has 4 aromatic rings. The number of hydrogen-bond acceptors (Lipinski definition) is 7. The molecule has 30 heavy (non-hydrogen) atoms. The molecule has 0 spiro atoms. The Morgan fingerprint density at radius 2 is 2.03 bits per heavy atom. The molecule has 3 aromatic heterocycles. The van der Waals surface area contributed by atoms with E-state index >= 15 is 0 Å². The molecule has 1 aliphatic carbocycles. The van der Waals surface area contributed by atoms with Crippen LogP contribution in [0, 0.1) is 0 Å². The zero-order valence-electron chi connectivity index (χ0n) is 16.2. The van der Waals surface area contributed by atoms with E-state index in [2.05, 4.69) is 25.4 Å². The maximum atomic E-state index is 13.1. The van der Waals surface area contributed by atoms with E-state index in [4.69, 9.17) is 4.52 Å². The van der Waals surface area contributed by atoms with Crippen molar-refractivity contribution in [1.82, 2.24) is 35.0 Å². The van der Waals surface area contributed by atoms with Gasteiger partial charge in [-0.25, -0.2) is 4.68 Å². The molecular weight excluding hydrogens is 382 g/mol. The number of hydrogen-bond donors (Lipinski definition) is 0. The molecule has 9 nitrogen and oxygen atoms in total. The topological polar surface area (TPSA) is 103 Å². The van der Waals surface area contributed by atoms with Crippen molar-refractivity contribution in [2.45, 2.75) is 31.2 Å². The number of likely N-dealkylation sites (tertiary alicyclic amines) is 1. The van der Waals surface area contributed by atoms with Crippen LogP contribution in [0.3, 0.4) is 0 Å². The molecule has 9 heteroatoms. The van der Waals surface area contributed by atoms with E-state index in [1.165, 1.54) is 0 Å². The second-order valence-electron chi connectivity index (χ2n) is 7.89. The number of benzene rings is 1. The summed E-state index contributed by atoms with van der Waals surface area (Å²) in [5.41, 5.74) is 1.06. The summed E-state index contributed by atoms with van der Waals surface area (Å²) in [6.07, 6.45) is 6.54. The lowest BCUT2D eigenvalue weighted by Gasteiger charge is -2.17. The average molecular weight is 401 g/mol. The Balaban J connectivity index is 1.20. The minimum absolute atomic E-state index is 0.0519. The molecule has 2 aliphatic rings. The van der Waals surface area contributed by atoms with Crippen molar-refractivity contribution >= 4 is 16.7 Å². The van der Waals surface area contributed by atoms with E-state index < -0.39 is 0 Å². The summed E-state index contributed by atoms with van der Waals surface area (Å²) in [6.45, 7) is 1.21. The molecule has 1 aliphatic heterocycles. The van der Waals surface area contributed by atoms with Crippen LogP contribution in [0.5, 0.6) is 0 Å². The van der Waals surface area contributed by atoms with E-state index in [1.54, 1.807) is 10.9 Å². The van der Waals surface area contributed by atoms with Crippen LogP contribution < -0.4 is 0 Å². The van der Waals surface area contributed by atoms with Crippen molar-refractivity contribution in [3.05, 3.63) is 54.2 Å². The normalized spacial score (nSPS) is 18.9. The highest BCUT2D eigenvalue weighted by Crippen LogP contribution is 2.38. The molecular formula is C21H19N7O2. The fourth-order valence-electron chi connectivity index (χ4n) is 3.98. The van der Waals surface area contributed by atoms with E-state index in [9.17, 15) is 4.79 Å². The highest BCUT2D eigenvalue weighted by molar-refractivity contribution is 6.05. The Morgan fingerprint density at radius 1 is 1.13 bits per heavy atom. The Bertz CT molecular complexity index is 1240. The second-order valence-corrected chi connectivity index (χ2v) is 7.89. The lowest BCUT2D eigenvalue weighted by Crippen LogP contribution is -2.30. The highest BCUT2D eigenvalue weighted by atomic mass is 16.5. The van der Waals surface area contributed by atoms with Gasteiger partial charge in [0.05, 0.1) is 12.2 Å². The smallest absolute Gasteiger partial charge is 0.280 e. The molecule has 0 unspecified atom stereocenters. The van der Waals surface area contributed by atoms with Gasteiger partial charge in [0.15, 0.2) is 11.5 Å². The van der Waals surface area contributed by atoms with Crippen LogP contribution in [-0.2, 0) is 0 Å². The first-order valence-corrected chi connectivity index (χ1v) is 10.1. The van der Waals surface area contributed by atoms with Crippen molar-refractivity contribution in [2.24, 2.45) is 0 Å². The van der Waals surface area contributed by atoms with Gasteiger partial charge in [0.25, 0.3) is 11.8 Å². The van der Waals surface area contributed by atoms with Gasteiger partial charge < -0.3 is 9.42 Å². The van der Waals surface area contributed by atoms with Gasteiger partial charge >= 0.3 is 0 Å². The molecule has 150 valence electrons. The zero-order valence-corrected chi connectivity index (χ0v) is 16.2.